The van der Waals surface area contributed by atoms with Gasteiger partial charge in [0.1, 0.15) is 5.82 Å². The van der Waals surface area contributed by atoms with E-state index >= 15 is 0 Å². The molecule has 1 saturated heterocycles. The molecule has 94 valence electrons. The highest BCUT2D eigenvalue weighted by Gasteiger charge is 2.23. The molecule has 1 aliphatic rings. The molecule has 1 aliphatic heterocycles. The zero-order valence-corrected chi connectivity index (χ0v) is 10.3. The standard InChI is InChI=1S/C12H16ClFN2O/c13-11-7-9(4-5-12(11)14)16-6-2-1-3-10(16)8-17-15/h4-5,7,10H,1-3,6,8,15H2. The molecule has 2 N–H and O–H groups in total. The summed E-state index contributed by atoms with van der Waals surface area (Å²) < 4.78 is 13.1. The first-order chi connectivity index (χ1) is 8.22. The minimum Gasteiger partial charge on any atom is -0.366 e. The van der Waals surface area contributed by atoms with Crippen molar-refractivity contribution in [2.24, 2.45) is 5.90 Å². The second-order valence-corrected chi connectivity index (χ2v) is 4.68. The van der Waals surface area contributed by atoms with E-state index in [0.29, 0.717) is 6.61 Å². The van der Waals surface area contributed by atoms with E-state index in [2.05, 4.69) is 4.90 Å². The van der Waals surface area contributed by atoms with Crippen LogP contribution in [0.25, 0.3) is 0 Å². The highest BCUT2D eigenvalue weighted by atomic mass is 35.5. The van der Waals surface area contributed by atoms with Gasteiger partial charge in [0.05, 0.1) is 17.7 Å². The number of benzene rings is 1. The molecule has 0 amide bonds. The summed E-state index contributed by atoms with van der Waals surface area (Å²) in [5, 5.41) is 0.153. The lowest BCUT2D eigenvalue weighted by Crippen LogP contribution is -2.43. The Morgan fingerprint density at radius 2 is 2.29 bits per heavy atom. The number of piperidine rings is 1. The van der Waals surface area contributed by atoms with Crippen LogP contribution in [0.1, 0.15) is 19.3 Å². The van der Waals surface area contributed by atoms with Gasteiger partial charge in [-0.2, -0.15) is 0 Å². The molecular formula is C12H16ClFN2O. The number of halogens is 2. The Hall–Kier alpha value is -0.840. The van der Waals surface area contributed by atoms with E-state index < -0.39 is 0 Å². The first kappa shape index (κ1) is 12.6. The molecule has 17 heavy (non-hydrogen) atoms. The van der Waals surface area contributed by atoms with Crippen LogP contribution in [-0.4, -0.2) is 19.2 Å². The maximum Gasteiger partial charge on any atom is 0.141 e. The summed E-state index contributed by atoms with van der Waals surface area (Å²) in [6.07, 6.45) is 3.32. The van der Waals surface area contributed by atoms with Gasteiger partial charge < -0.3 is 9.74 Å². The number of rotatable bonds is 3. The maximum absolute atomic E-state index is 13.1. The monoisotopic (exact) mass is 258 g/mol. The predicted octanol–water partition coefficient (Wildman–Crippen LogP) is 2.73. The molecule has 0 radical (unpaired) electrons. The Balaban J connectivity index is 2.20. The Morgan fingerprint density at radius 1 is 1.47 bits per heavy atom. The normalized spacial score (nSPS) is 20.6. The van der Waals surface area contributed by atoms with Gasteiger partial charge in [0.2, 0.25) is 0 Å². The van der Waals surface area contributed by atoms with Gasteiger partial charge >= 0.3 is 0 Å². The van der Waals surface area contributed by atoms with Gasteiger partial charge in [0, 0.05) is 12.2 Å². The topological polar surface area (TPSA) is 38.5 Å². The van der Waals surface area contributed by atoms with Gasteiger partial charge in [-0.15, -0.1) is 0 Å². The molecule has 0 aromatic heterocycles. The zero-order valence-electron chi connectivity index (χ0n) is 9.53. The van der Waals surface area contributed by atoms with E-state index in [1.807, 2.05) is 0 Å². The first-order valence-corrected chi connectivity index (χ1v) is 6.13. The van der Waals surface area contributed by atoms with Crippen molar-refractivity contribution >= 4 is 17.3 Å². The van der Waals surface area contributed by atoms with Crippen molar-refractivity contribution < 1.29 is 9.23 Å². The van der Waals surface area contributed by atoms with Crippen LogP contribution in [0.3, 0.4) is 0 Å². The Labute approximate surface area is 105 Å². The maximum atomic E-state index is 13.1. The van der Waals surface area contributed by atoms with Gasteiger partial charge in [-0.1, -0.05) is 11.6 Å². The van der Waals surface area contributed by atoms with Crippen molar-refractivity contribution in [1.29, 1.82) is 0 Å². The average Bonchev–Trinajstić information content (AvgIpc) is 2.34. The molecule has 1 heterocycles. The van der Waals surface area contributed by atoms with Crippen molar-refractivity contribution in [2.75, 3.05) is 18.1 Å². The van der Waals surface area contributed by atoms with E-state index in [1.54, 1.807) is 12.1 Å². The van der Waals surface area contributed by atoms with Crippen LogP contribution in [0.5, 0.6) is 0 Å². The average molecular weight is 259 g/mol. The highest BCUT2D eigenvalue weighted by Crippen LogP contribution is 2.28. The first-order valence-electron chi connectivity index (χ1n) is 5.75. The van der Waals surface area contributed by atoms with Crippen molar-refractivity contribution in [1.82, 2.24) is 0 Å². The molecule has 1 aromatic rings. The minimum absolute atomic E-state index is 0.153. The lowest BCUT2D eigenvalue weighted by Gasteiger charge is -2.37. The van der Waals surface area contributed by atoms with Crippen LogP contribution in [0, 0.1) is 5.82 Å². The van der Waals surface area contributed by atoms with E-state index in [-0.39, 0.29) is 16.9 Å². The largest absolute Gasteiger partial charge is 0.366 e. The molecule has 1 fully saturated rings. The SMILES string of the molecule is NOCC1CCCCN1c1ccc(F)c(Cl)c1. The molecule has 0 spiro atoms. The van der Waals surface area contributed by atoms with Gasteiger partial charge in [-0.05, 0) is 37.5 Å². The second kappa shape index (κ2) is 5.67. The molecule has 5 heteroatoms. The van der Waals surface area contributed by atoms with Crippen LogP contribution in [0.4, 0.5) is 10.1 Å². The lowest BCUT2D eigenvalue weighted by molar-refractivity contribution is 0.114. The van der Waals surface area contributed by atoms with Crippen molar-refractivity contribution in [3.05, 3.63) is 29.0 Å². The van der Waals surface area contributed by atoms with Crippen LogP contribution in [0.15, 0.2) is 18.2 Å². The second-order valence-electron chi connectivity index (χ2n) is 4.27. The summed E-state index contributed by atoms with van der Waals surface area (Å²) in [6, 6.07) is 5.05. The van der Waals surface area contributed by atoms with Crippen molar-refractivity contribution in [3.8, 4) is 0 Å². The zero-order chi connectivity index (χ0) is 12.3. The summed E-state index contributed by atoms with van der Waals surface area (Å²) in [5.41, 5.74) is 0.929. The molecule has 0 aliphatic carbocycles. The fourth-order valence-electron chi connectivity index (χ4n) is 2.29. The van der Waals surface area contributed by atoms with Crippen LogP contribution in [0.2, 0.25) is 5.02 Å². The number of anilines is 1. The van der Waals surface area contributed by atoms with E-state index in [9.17, 15) is 4.39 Å². The highest BCUT2D eigenvalue weighted by molar-refractivity contribution is 6.31. The third kappa shape index (κ3) is 2.89. The molecule has 1 aromatic carbocycles. The molecule has 0 saturated carbocycles. The minimum atomic E-state index is -0.390. The Bertz CT molecular complexity index is 387. The molecular weight excluding hydrogens is 243 g/mol. The fraction of sp³-hybridized carbons (Fsp3) is 0.500. The molecule has 1 atom stereocenters. The molecule has 1 unspecified atom stereocenters. The van der Waals surface area contributed by atoms with Gasteiger partial charge in [0.25, 0.3) is 0 Å². The van der Waals surface area contributed by atoms with E-state index in [0.717, 1.165) is 25.1 Å². The van der Waals surface area contributed by atoms with Gasteiger partial charge in [-0.25, -0.2) is 10.3 Å². The number of hydrogen-bond acceptors (Lipinski definition) is 3. The summed E-state index contributed by atoms with van der Waals surface area (Å²) in [7, 11) is 0. The predicted molar refractivity (Wildman–Crippen MR) is 66.5 cm³/mol. The lowest BCUT2D eigenvalue weighted by atomic mass is 10.0. The summed E-state index contributed by atoms with van der Waals surface area (Å²) >= 11 is 5.80. The van der Waals surface area contributed by atoms with Crippen molar-refractivity contribution in [2.45, 2.75) is 25.3 Å². The van der Waals surface area contributed by atoms with Crippen molar-refractivity contribution in [3.63, 3.8) is 0 Å². The van der Waals surface area contributed by atoms with Gasteiger partial charge in [0.15, 0.2) is 0 Å². The summed E-state index contributed by atoms with van der Waals surface area (Å²) in [6.45, 7) is 1.41. The third-order valence-electron chi connectivity index (χ3n) is 3.15. The molecule has 2 rings (SSSR count). The number of nitrogens with two attached hydrogens (primary N) is 1. The molecule has 0 bridgehead atoms. The number of hydrogen-bond donors (Lipinski definition) is 1. The molecule has 3 nitrogen and oxygen atoms in total. The van der Waals surface area contributed by atoms with E-state index in [1.165, 1.54) is 12.5 Å². The Kier molecular flexibility index (Phi) is 4.20. The number of nitrogens with zero attached hydrogens (tertiary/aromatic N) is 1. The Morgan fingerprint density at radius 3 is 3.00 bits per heavy atom. The smallest absolute Gasteiger partial charge is 0.141 e. The van der Waals surface area contributed by atoms with Gasteiger partial charge in [-0.3, -0.25) is 0 Å². The van der Waals surface area contributed by atoms with Crippen LogP contribution < -0.4 is 10.8 Å². The third-order valence-corrected chi connectivity index (χ3v) is 3.44. The van der Waals surface area contributed by atoms with Crippen LogP contribution >= 0.6 is 11.6 Å². The van der Waals surface area contributed by atoms with Crippen LogP contribution in [-0.2, 0) is 4.84 Å². The summed E-state index contributed by atoms with van der Waals surface area (Å²) in [4.78, 5) is 6.92. The van der Waals surface area contributed by atoms with E-state index in [4.69, 9.17) is 22.3 Å². The summed E-state index contributed by atoms with van der Waals surface area (Å²) in [5.74, 6) is 4.75. The fourth-order valence-corrected chi connectivity index (χ4v) is 2.46. The quantitative estimate of drug-likeness (QED) is 0.848.